The summed E-state index contributed by atoms with van der Waals surface area (Å²) in [5, 5.41) is 0. The van der Waals surface area contributed by atoms with Crippen molar-refractivity contribution in [1.29, 1.82) is 0 Å². The topological polar surface area (TPSA) is 79.5 Å². The maximum atomic E-state index is 5.66. The van der Waals surface area contributed by atoms with Crippen molar-refractivity contribution >= 4 is 5.95 Å². The van der Waals surface area contributed by atoms with Crippen LogP contribution in [0.2, 0.25) is 0 Å². The fraction of sp³-hybridized carbons (Fsp3) is 0.231. The molecular weight excluding hydrogens is 246 g/mol. The molecule has 0 fully saturated rings. The Morgan fingerprint density at radius 1 is 1.00 bits per heavy atom. The number of rotatable bonds is 5. The summed E-state index contributed by atoms with van der Waals surface area (Å²) in [5.74, 6) is 0.907. The summed E-state index contributed by atoms with van der Waals surface area (Å²) in [6.07, 6.45) is 0. The Balaban J connectivity index is 2.23. The van der Waals surface area contributed by atoms with Gasteiger partial charge in [0.1, 0.15) is 6.61 Å². The van der Waals surface area contributed by atoms with Crippen molar-refractivity contribution in [2.45, 2.75) is 6.61 Å². The van der Waals surface area contributed by atoms with Gasteiger partial charge in [0.15, 0.2) is 0 Å². The monoisotopic (exact) mass is 261 g/mol. The van der Waals surface area contributed by atoms with Gasteiger partial charge in [-0.15, -0.1) is 0 Å². The molecule has 1 heterocycles. The molecule has 0 radical (unpaired) electrons. The van der Waals surface area contributed by atoms with Gasteiger partial charge in [-0.1, -0.05) is 30.3 Å². The van der Waals surface area contributed by atoms with Crippen molar-refractivity contribution in [2.24, 2.45) is 0 Å². The van der Waals surface area contributed by atoms with Crippen LogP contribution in [0.3, 0.4) is 0 Å². The molecule has 0 aliphatic carbocycles. The van der Waals surface area contributed by atoms with Crippen LogP contribution in [0.4, 0.5) is 5.95 Å². The predicted octanol–water partition coefficient (Wildman–Crippen LogP) is 1.66. The SMILES string of the molecule is COc1nc(N)nc(OC)c1OCc1ccccc1. The first-order chi connectivity index (χ1) is 9.24. The second-order valence-electron chi connectivity index (χ2n) is 3.70. The van der Waals surface area contributed by atoms with E-state index < -0.39 is 0 Å². The second-order valence-corrected chi connectivity index (χ2v) is 3.70. The fourth-order valence-corrected chi connectivity index (χ4v) is 1.56. The van der Waals surface area contributed by atoms with Gasteiger partial charge in [-0.05, 0) is 5.56 Å². The van der Waals surface area contributed by atoms with Crippen LogP contribution in [0.5, 0.6) is 17.5 Å². The molecular formula is C13H15N3O3. The number of nitrogens with two attached hydrogens (primary N) is 1. The van der Waals surface area contributed by atoms with E-state index in [0.29, 0.717) is 12.4 Å². The number of hydrogen-bond donors (Lipinski definition) is 1. The molecule has 0 aliphatic heterocycles. The number of aromatic nitrogens is 2. The van der Waals surface area contributed by atoms with Gasteiger partial charge in [0.05, 0.1) is 14.2 Å². The second kappa shape index (κ2) is 5.90. The lowest BCUT2D eigenvalue weighted by Crippen LogP contribution is -2.05. The van der Waals surface area contributed by atoms with Crippen LogP contribution in [-0.2, 0) is 6.61 Å². The van der Waals surface area contributed by atoms with E-state index in [1.807, 2.05) is 30.3 Å². The first-order valence-corrected chi connectivity index (χ1v) is 5.66. The number of ether oxygens (including phenoxy) is 3. The minimum absolute atomic E-state index is 0.0701. The van der Waals surface area contributed by atoms with E-state index >= 15 is 0 Å². The van der Waals surface area contributed by atoms with Crippen LogP contribution in [0.25, 0.3) is 0 Å². The largest absolute Gasteiger partial charge is 0.479 e. The highest BCUT2D eigenvalue weighted by Gasteiger charge is 2.16. The van der Waals surface area contributed by atoms with E-state index in [9.17, 15) is 0 Å². The molecule has 0 atom stereocenters. The molecule has 0 aliphatic rings. The third kappa shape index (κ3) is 3.04. The standard InChI is InChI=1S/C13H15N3O3/c1-17-11-10(12(18-2)16-13(14)15-11)19-8-9-6-4-3-5-7-9/h3-7H,8H2,1-2H3,(H2,14,15,16). The van der Waals surface area contributed by atoms with Gasteiger partial charge < -0.3 is 19.9 Å². The van der Waals surface area contributed by atoms with E-state index in [1.165, 1.54) is 14.2 Å². The van der Waals surface area contributed by atoms with Gasteiger partial charge >= 0.3 is 0 Å². The van der Waals surface area contributed by atoms with Crippen molar-refractivity contribution in [3.05, 3.63) is 35.9 Å². The van der Waals surface area contributed by atoms with Crippen LogP contribution in [0.1, 0.15) is 5.56 Å². The molecule has 0 bridgehead atoms. The summed E-state index contributed by atoms with van der Waals surface area (Å²) < 4.78 is 15.9. The lowest BCUT2D eigenvalue weighted by atomic mass is 10.2. The summed E-state index contributed by atoms with van der Waals surface area (Å²) in [6.45, 7) is 0.362. The first kappa shape index (κ1) is 12.9. The molecule has 19 heavy (non-hydrogen) atoms. The van der Waals surface area contributed by atoms with Crippen molar-refractivity contribution in [1.82, 2.24) is 9.97 Å². The summed E-state index contributed by atoms with van der Waals surface area (Å²) >= 11 is 0. The van der Waals surface area contributed by atoms with E-state index in [1.54, 1.807) is 0 Å². The minimum atomic E-state index is 0.0701. The quantitative estimate of drug-likeness (QED) is 0.881. The maximum absolute atomic E-state index is 5.66. The van der Waals surface area contributed by atoms with Crippen LogP contribution in [0.15, 0.2) is 30.3 Å². The molecule has 0 saturated carbocycles. The average molecular weight is 261 g/mol. The third-order valence-corrected chi connectivity index (χ3v) is 2.43. The first-order valence-electron chi connectivity index (χ1n) is 5.66. The number of methoxy groups -OCH3 is 2. The zero-order valence-corrected chi connectivity index (χ0v) is 10.8. The minimum Gasteiger partial charge on any atom is -0.479 e. The van der Waals surface area contributed by atoms with Gasteiger partial charge in [0.25, 0.3) is 11.8 Å². The van der Waals surface area contributed by atoms with Crippen LogP contribution < -0.4 is 19.9 Å². The van der Waals surface area contributed by atoms with E-state index in [0.717, 1.165) is 5.56 Å². The predicted molar refractivity (Wildman–Crippen MR) is 70.3 cm³/mol. The molecule has 0 saturated heterocycles. The van der Waals surface area contributed by atoms with Gasteiger partial charge in [-0.25, -0.2) is 0 Å². The lowest BCUT2D eigenvalue weighted by Gasteiger charge is -2.12. The summed E-state index contributed by atoms with van der Waals surface area (Å²) in [7, 11) is 2.97. The lowest BCUT2D eigenvalue weighted by molar-refractivity contribution is 0.256. The molecule has 0 amide bonds. The van der Waals surface area contributed by atoms with E-state index in [4.69, 9.17) is 19.9 Å². The van der Waals surface area contributed by atoms with Crippen molar-refractivity contribution in [3.8, 4) is 17.5 Å². The fourth-order valence-electron chi connectivity index (χ4n) is 1.56. The zero-order valence-electron chi connectivity index (χ0n) is 10.8. The molecule has 6 heteroatoms. The maximum Gasteiger partial charge on any atom is 0.265 e. The molecule has 0 spiro atoms. The number of nitrogens with zero attached hydrogens (tertiary/aromatic N) is 2. The van der Waals surface area contributed by atoms with Crippen LogP contribution in [-0.4, -0.2) is 24.2 Å². The highest BCUT2D eigenvalue weighted by molar-refractivity contribution is 5.46. The normalized spacial score (nSPS) is 10.0. The molecule has 1 aromatic heterocycles. The molecule has 2 rings (SSSR count). The molecule has 6 nitrogen and oxygen atoms in total. The van der Waals surface area contributed by atoms with Gasteiger partial charge in [-0.2, -0.15) is 9.97 Å². The molecule has 100 valence electrons. The zero-order chi connectivity index (χ0) is 13.7. The van der Waals surface area contributed by atoms with Crippen molar-refractivity contribution in [3.63, 3.8) is 0 Å². The highest BCUT2D eigenvalue weighted by Crippen LogP contribution is 2.34. The number of nitrogen functional groups attached to an aromatic ring is 1. The van der Waals surface area contributed by atoms with E-state index in [2.05, 4.69) is 9.97 Å². The van der Waals surface area contributed by atoms with Gasteiger partial charge in [-0.3, -0.25) is 0 Å². The molecule has 2 aromatic rings. The van der Waals surface area contributed by atoms with Crippen LogP contribution >= 0.6 is 0 Å². The number of benzene rings is 1. The Hall–Kier alpha value is -2.50. The Labute approximate surface area is 111 Å². The van der Waals surface area contributed by atoms with Crippen LogP contribution in [0, 0.1) is 0 Å². The Kier molecular flexibility index (Phi) is 4.02. The molecule has 2 N–H and O–H groups in total. The Morgan fingerprint density at radius 2 is 1.58 bits per heavy atom. The Bertz CT molecular complexity index is 521. The summed E-state index contributed by atoms with van der Waals surface area (Å²) in [6, 6.07) is 9.73. The number of anilines is 1. The highest BCUT2D eigenvalue weighted by atomic mass is 16.5. The third-order valence-electron chi connectivity index (χ3n) is 2.43. The molecule has 0 unspecified atom stereocenters. The summed E-state index contributed by atoms with van der Waals surface area (Å²) in [4.78, 5) is 7.90. The number of hydrogen-bond acceptors (Lipinski definition) is 6. The molecule has 1 aromatic carbocycles. The Morgan fingerprint density at radius 3 is 2.11 bits per heavy atom. The smallest absolute Gasteiger partial charge is 0.265 e. The van der Waals surface area contributed by atoms with E-state index in [-0.39, 0.29) is 17.7 Å². The van der Waals surface area contributed by atoms with Crippen molar-refractivity contribution < 1.29 is 14.2 Å². The average Bonchev–Trinajstić information content (AvgIpc) is 2.46. The summed E-state index contributed by atoms with van der Waals surface area (Å²) in [5.41, 5.74) is 6.57. The van der Waals surface area contributed by atoms with Gasteiger partial charge in [0.2, 0.25) is 11.7 Å². The van der Waals surface area contributed by atoms with Gasteiger partial charge in [0, 0.05) is 0 Å². The van der Waals surface area contributed by atoms with Crippen molar-refractivity contribution in [2.75, 3.05) is 20.0 Å².